The number of nitrogens with one attached hydrogen (secondary N) is 1. The predicted octanol–water partition coefficient (Wildman–Crippen LogP) is 2.79. The molecule has 0 bridgehead atoms. The molecule has 0 aromatic carbocycles. The Morgan fingerprint density at radius 1 is 1.37 bits per heavy atom. The fraction of sp³-hybridized carbons (Fsp3) is 0.533. The summed E-state index contributed by atoms with van der Waals surface area (Å²) >= 11 is 0. The van der Waals surface area contributed by atoms with E-state index in [9.17, 15) is 0 Å². The highest BCUT2D eigenvalue weighted by atomic mass is 16.5. The summed E-state index contributed by atoms with van der Waals surface area (Å²) in [6.45, 7) is 7.25. The predicted molar refractivity (Wildman–Crippen MR) is 77.7 cm³/mol. The van der Waals surface area contributed by atoms with E-state index in [0.717, 1.165) is 42.3 Å². The highest BCUT2D eigenvalue weighted by Crippen LogP contribution is 2.21. The van der Waals surface area contributed by atoms with Crippen molar-refractivity contribution in [1.82, 2.24) is 14.7 Å². The summed E-state index contributed by atoms with van der Waals surface area (Å²) < 4.78 is 7.58. The Labute approximate surface area is 114 Å². The van der Waals surface area contributed by atoms with Gasteiger partial charge in [0.15, 0.2) is 5.88 Å². The van der Waals surface area contributed by atoms with Gasteiger partial charge in [0.1, 0.15) is 5.82 Å². The summed E-state index contributed by atoms with van der Waals surface area (Å²) in [5.74, 6) is 1.93. The van der Waals surface area contributed by atoms with Gasteiger partial charge in [0.05, 0.1) is 18.3 Å². The van der Waals surface area contributed by atoms with Crippen LogP contribution in [0, 0.1) is 0 Å². The molecule has 2 heterocycles. The first-order valence-electron chi connectivity index (χ1n) is 6.94. The molecule has 1 N–H and O–H groups in total. The van der Waals surface area contributed by atoms with Crippen LogP contribution in [0.2, 0.25) is 0 Å². The van der Waals surface area contributed by atoms with Crippen LogP contribution < -0.4 is 10.1 Å². The van der Waals surface area contributed by atoms with Gasteiger partial charge in [-0.15, -0.1) is 0 Å². The number of pyridine rings is 1. The zero-order valence-electron chi connectivity index (χ0n) is 12.2. The van der Waals surface area contributed by atoms with Crippen molar-refractivity contribution >= 4 is 5.52 Å². The molecular formula is C15H23N3O. The molecule has 0 amide bonds. The number of fused-ring (bicyclic) bond motifs is 1. The number of hydrogen-bond donors (Lipinski definition) is 1. The number of rotatable bonds is 6. The van der Waals surface area contributed by atoms with E-state index in [0.29, 0.717) is 6.04 Å². The Morgan fingerprint density at radius 3 is 2.79 bits per heavy atom. The van der Waals surface area contributed by atoms with Crippen LogP contribution in [-0.4, -0.2) is 22.5 Å². The molecule has 0 saturated carbocycles. The van der Waals surface area contributed by atoms with Crippen LogP contribution in [0.4, 0.5) is 0 Å². The van der Waals surface area contributed by atoms with Crippen molar-refractivity contribution in [3.05, 3.63) is 29.7 Å². The molecule has 0 radical (unpaired) electrons. The second-order valence-corrected chi connectivity index (χ2v) is 5.05. The smallest absolute Gasteiger partial charge is 0.199 e. The monoisotopic (exact) mass is 261 g/mol. The Bertz CT molecular complexity index is 546. The molecule has 0 saturated heterocycles. The summed E-state index contributed by atoms with van der Waals surface area (Å²) in [5, 5.41) is 3.43. The standard InChI is InChI=1S/C15H23N3O/c1-5-7-14-17-12(10-16-11(2)3)13-8-6-9-15(19-4)18(13)14/h6,8-9,11,16H,5,7,10H2,1-4H3. The van der Waals surface area contributed by atoms with Gasteiger partial charge in [0.2, 0.25) is 0 Å². The molecule has 0 aliphatic carbocycles. The minimum Gasteiger partial charge on any atom is -0.482 e. The summed E-state index contributed by atoms with van der Waals surface area (Å²) in [6.07, 6.45) is 2.04. The van der Waals surface area contributed by atoms with Gasteiger partial charge in [0, 0.05) is 19.0 Å². The van der Waals surface area contributed by atoms with Crippen molar-refractivity contribution in [2.24, 2.45) is 0 Å². The van der Waals surface area contributed by atoms with Gasteiger partial charge in [-0.3, -0.25) is 4.40 Å². The third-order valence-electron chi connectivity index (χ3n) is 3.13. The first-order valence-corrected chi connectivity index (χ1v) is 6.94. The minimum absolute atomic E-state index is 0.456. The average molecular weight is 261 g/mol. The third-order valence-corrected chi connectivity index (χ3v) is 3.13. The molecule has 4 nitrogen and oxygen atoms in total. The maximum Gasteiger partial charge on any atom is 0.199 e. The van der Waals surface area contributed by atoms with Crippen molar-refractivity contribution in [1.29, 1.82) is 0 Å². The zero-order valence-corrected chi connectivity index (χ0v) is 12.2. The number of imidazole rings is 1. The van der Waals surface area contributed by atoms with Crippen molar-refractivity contribution in [3.63, 3.8) is 0 Å². The average Bonchev–Trinajstić information content (AvgIpc) is 2.75. The van der Waals surface area contributed by atoms with E-state index in [1.165, 1.54) is 0 Å². The second-order valence-electron chi connectivity index (χ2n) is 5.05. The Morgan fingerprint density at radius 2 is 2.16 bits per heavy atom. The molecule has 0 aliphatic rings. The molecule has 2 aromatic heterocycles. The van der Waals surface area contributed by atoms with Gasteiger partial charge in [0.25, 0.3) is 0 Å². The molecular weight excluding hydrogens is 238 g/mol. The highest BCUT2D eigenvalue weighted by molar-refractivity contribution is 5.55. The van der Waals surface area contributed by atoms with E-state index < -0.39 is 0 Å². The number of aromatic nitrogens is 2. The van der Waals surface area contributed by atoms with Crippen molar-refractivity contribution < 1.29 is 4.74 Å². The van der Waals surface area contributed by atoms with Gasteiger partial charge >= 0.3 is 0 Å². The first kappa shape index (κ1) is 13.9. The largest absolute Gasteiger partial charge is 0.482 e. The molecule has 0 fully saturated rings. The maximum absolute atomic E-state index is 5.46. The lowest BCUT2D eigenvalue weighted by Crippen LogP contribution is -2.22. The number of methoxy groups -OCH3 is 1. The van der Waals surface area contributed by atoms with Crippen molar-refractivity contribution in [2.45, 2.75) is 46.2 Å². The van der Waals surface area contributed by atoms with Gasteiger partial charge < -0.3 is 10.1 Å². The van der Waals surface area contributed by atoms with Crippen molar-refractivity contribution in [3.8, 4) is 5.88 Å². The number of aryl methyl sites for hydroxylation is 1. The first-order chi connectivity index (χ1) is 9.17. The van der Waals surface area contributed by atoms with Crippen LogP contribution in [0.3, 0.4) is 0 Å². The van der Waals surface area contributed by atoms with Crippen LogP contribution in [-0.2, 0) is 13.0 Å². The molecule has 0 spiro atoms. The summed E-state index contributed by atoms with van der Waals surface area (Å²) in [5.41, 5.74) is 2.23. The molecule has 2 aromatic rings. The van der Waals surface area contributed by atoms with Gasteiger partial charge in [-0.2, -0.15) is 0 Å². The van der Waals surface area contributed by atoms with E-state index in [-0.39, 0.29) is 0 Å². The molecule has 0 unspecified atom stereocenters. The quantitative estimate of drug-likeness (QED) is 0.869. The molecule has 19 heavy (non-hydrogen) atoms. The van der Waals surface area contributed by atoms with Gasteiger partial charge in [-0.1, -0.05) is 26.8 Å². The normalized spacial score (nSPS) is 11.4. The molecule has 0 aliphatic heterocycles. The zero-order chi connectivity index (χ0) is 13.8. The fourth-order valence-corrected chi connectivity index (χ4v) is 2.23. The van der Waals surface area contributed by atoms with E-state index >= 15 is 0 Å². The summed E-state index contributed by atoms with van der Waals surface area (Å²) in [6, 6.07) is 6.56. The van der Waals surface area contributed by atoms with E-state index in [2.05, 4.69) is 36.6 Å². The third kappa shape index (κ3) is 2.89. The SMILES string of the molecule is CCCc1nc(CNC(C)C)c2cccc(OC)n12. The van der Waals surface area contributed by atoms with Gasteiger partial charge in [-0.25, -0.2) is 4.98 Å². The van der Waals surface area contributed by atoms with E-state index in [1.807, 2.05) is 12.1 Å². The van der Waals surface area contributed by atoms with Crippen LogP contribution >= 0.6 is 0 Å². The number of ether oxygens (including phenoxy) is 1. The lowest BCUT2D eigenvalue weighted by atomic mass is 10.3. The molecule has 104 valence electrons. The number of hydrogen-bond acceptors (Lipinski definition) is 3. The topological polar surface area (TPSA) is 38.6 Å². The minimum atomic E-state index is 0.456. The van der Waals surface area contributed by atoms with Crippen molar-refractivity contribution in [2.75, 3.05) is 7.11 Å². The Kier molecular flexibility index (Phi) is 4.43. The second kappa shape index (κ2) is 6.06. The van der Waals surface area contributed by atoms with E-state index in [1.54, 1.807) is 7.11 Å². The number of nitrogens with zero attached hydrogens (tertiary/aromatic N) is 2. The maximum atomic E-state index is 5.46. The lowest BCUT2D eigenvalue weighted by Gasteiger charge is -2.07. The van der Waals surface area contributed by atoms with Crippen LogP contribution in [0.15, 0.2) is 18.2 Å². The van der Waals surface area contributed by atoms with E-state index in [4.69, 9.17) is 9.72 Å². The molecule has 0 atom stereocenters. The highest BCUT2D eigenvalue weighted by Gasteiger charge is 2.13. The Hall–Kier alpha value is -1.55. The molecule has 4 heteroatoms. The fourth-order valence-electron chi connectivity index (χ4n) is 2.23. The van der Waals surface area contributed by atoms with Crippen LogP contribution in [0.5, 0.6) is 5.88 Å². The van der Waals surface area contributed by atoms with Crippen LogP contribution in [0.1, 0.15) is 38.7 Å². The van der Waals surface area contributed by atoms with Crippen LogP contribution in [0.25, 0.3) is 5.52 Å². The Balaban J connectivity index is 2.47. The van der Waals surface area contributed by atoms with Gasteiger partial charge in [-0.05, 0) is 18.6 Å². The summed E-state index contributed by atoms with van der Waals surface area (Å²) in [4.78, 5) is 4.78. The lowest BCUT2D eigenvalue weighted by molar-refractivity contribution is 0.390. The summed E-state index contributed by atoms with van der Waals surface area (Å²) in [7, 11) is 1.70. The molecule has 2 rings (SSSR count).